The minimum atomic E-state index is 0.198. The van der Waals surface area contributed by atoms with Crippen molar-refractivity contribution in [3.8, 4) is 11.5 Å². The van der Waals surface area contributed by atoms with Crippen molar-refractivity contribution >= 4 is 0 Å². The van der Waals surface area contributed by atoms with Gasteiger partial charge < -0.3 is 15.2 Å². The van der Waals surface area contributed by atoms with E-state index in [-0.39, 0.29) is 6.04 Å². The Hall–Kier alpha value is -2.00. The lowest BCUT2D eigenvalue weighted by atomic mass is 10.0. The van der Waals surface area contributed by atoms with Gasteiger partial charge in [0.15, 0.2) is 0 Å². The summed E-state index contributed by atoms with van der Waals surface area (Å²) in [6.07, 6.45) is 2.10. The number of hydrogen-bond donors (Lipinski definition) is 1. The normalized spacial score (nSPS) is 22.5. The number of ether oxygens (including phenoxy) is 2. The van der Waals surface area contributed by atoms with Gasteiger partial charge in [0.1, 0.15) is 11.5 Å². The molecule has 2 aliphatic rings. The van der Waals surface area contributed by atoms with E-state index in [9.17, 15) is 0 Å². The molecule has 2 aromatic carbocycles. The summed E-state index contributed by atoms with van der Waals surface area (Å²) in [7, 11) is 0. The maximum atomic E-state index is 6.07. The van der Waals surface area contributed by atoms with E-state index in [1.165, 1.54) is 16.7 Å². The number of benzene rings is 2. The van der Waals surface area contributed by atoms with Crippen molar-refractivity contribution in [3.05, 3.63) is 59.2 Å². The Balaban J connectivity index is 1.46. The average molecular weight is 281 g/mol. The van der Waals surface area contributed by atoms with Crippen LogP contribution in [0.4, 0.5) is 0 Å². The van der Waals surface area contributed by atoms with Gasteiger partial charge in [-0.25, -0.2) is 0 Å². The van der Waals surface area contributed by atoms with Crippen LogP contribution < -0.4 is 15.2 Å². The molecule has 0 fully saturated rings. The van der Waals surface area contributed by atoms with Gasteiger partial charge in [-0.3, -0.25) is 0 Å². The van der Waals surface area contributed by atoms with Crippen molar-refractivity contribution in [2.75, 3.05) is 13.2 Å². The molecule has 1 unspecified atom stereocenters. The third-order valence-corrected chi connectivity index (χ3v) is 4.49. The van der Waals surface area contributed by atoms with Gasteiger partial charge in [0.25, 0.3) is 0 Å². The van der Waals surface area contributed by atoms with Crippen molar-refractivity contribution in [2.24, 2.45) is 5.73 Å². The SMILES string of the molecule is N[C@@H]1CCc2cc(OCC3COc4ccccc43)ccc21. The Morgan fingerprint density at radius 3 is 3.00 bits per heavy atom. The Kier molecular flexibility index (Phi) is 3.08. The summed E-state index contributed by atoms with van der Waals surface area (Å²) < 4.78 is 11.7. The lowest BCUT2D eigenvalue weighted by Gasteiger charge is -2.13. The molecule has 2 N–H and O–H groups in total. The third kappa shape index (κ3) is 2.28. The summed E-state index contributed by atoms with van der Waals surface area (Å²) in [6, 6.07) is 14.7. The summed E-state index contributed by atoms with van der Waals surface area (Å²) in [5.74, 6) is 2.25. The molecule has 0 bridgehead atoms. The van der Waals surface area contributed by atoms with E-state index in [0.717, 1.165) is 24.3 Å². The molecular weight excluding hydrogens is 262 g/mol. The van der Waals surface area contributed by atoms with Crippen LogP contribution in [0.1, 0.15) is 35.1 Å². The molecule has 3 nitrogen and oxygen atoms in total. The van der Waals surface area contributed by atoms with Gasteiger partial charge in [-0.05, 0) is 42.2 Å². The first-order valence-electron chi connectivity index (χ1n) is 7.54. The van der Waals surface area contributed by atoms with Crippen LogP contribution >= 0.6 is 0 Å². The monoisotopic (exact) mass is 281 g/mol. The smallest absolute Gasteiger partial charge is 0.123 e. The van der Waals surface area contributed by atoms with Gasteiger partial charge in [-0.15, -0.1) is 0 Å². The van der Waals surface area contributed by atoms with E-state index in [4.69, 9.17) is 15.2 Å². The van der Waals surface area contributed by atoms with Gasteiger partial charge in [0, 0.05) is 11.6 Å². The van der Waals surface area contributed by atoms with Crippen LogP contribution in [0, 0.1) is 0 Å². The van der Waals surface area contributed by atoms with Gasteiger partial charge in [-0.1, -0.05) is 24.3 Å². The molecule has 0 saturated carbocycles. The molecule has 0 aromatic heterocycles. The lowest BCUT2D eigenvalue weighted by molar-refractivity contribution is 0.248. The van der Waals surface area contributed by atoms with Crippen molar-refractivity contribution in [3.63, 3.8) is 0 Å². The van der Waals surface area contributed by atoms with E-state index in [1.54, 1.807) is 0 Å². The molecule has 1 aliphatic heterocycles. The molecule has 0 spiro atoms. The Morgan fingerprint density at radius 1 is 1.14 bits per heavy atom. The van der Waals surface area contributed by atoms with Crippen LogP contribution in [0.25, 0.3) is 0 Å². The predicted molar refractivity (Wildman–Crippen MR) is 81.9 cm³/mol. The van der Waals surface area contributed by atoms with Gasteiger partial charge >= 0.3 is 0 Å². The second-order valence-electron chi connectivity index (χ2n) is 5.86. The fraction of sp³-hybridized carbons (Fsp3) is 0.333. The highest BCUT2D eigenvalue weighted by atomic mass is 16.5. The average Bonchev–Trinajstić information content (AvgIpc) is 3.09. The van der Waals surface area contributed by atoms with Crippen molar-refractivity contribution in [1.82, 2.24) is 0 Å². The topological polar surface area (TPSA) is 44.5 Å². The fourth-order valence-electron chi connectivity index (χ4n) is 3.28. The van der Waals surface area contributed by atoms with Crippen LogP contribution in [0.5, 0.6) is 11.5 Å². The summed E-state index contributed by atoms with van der Waals surface area (Å²) in [6.45, 7) is 1.36. The molecule has 3 heteroatoms. The number of nitrogens with two attached hydrogens (primary N) is 1. The molecule has 2 atom stereocenters. The maximum Gasteiger partial charge on any atom is 0.123 e. The molecule has 0 amide bonds. The second kappa shape index (κ2) is 5.08. The first kappa shape index (κ1) is 12.7. The second-order valence-corrected chi connectivity index (χ2v) is 5.86. The number of fused-ring (bicyclic) bond motifs is 2. The standard InChI is InChI=1S/C18H19NO2/c19-17-8-5-12-9-14(6-7-15(12)17)20-10-13-11-21-18-4-2-1-3-16(13)18/h1-4,6-7,9,13,17H,5,8,10-11,19H2/t13?,17-/m1/s1. The lowest BCUT2D eigenvalue weighted by Crippen LogP contribution is -2.12. The van der Waals surface area contributed by atoms with Crippen LogP contribution in [-0.4, -0.2) is 13.2 Å². The number of rotatable bonds is 3. The zero-order valence-electron chi connectivity index (χ0n) is 11.9. The highest BCUT2D eigenvalue weighted by molar-refractivity contribution is 5.42. The highest BCUT2D eigenvalue weighted by Gasteiger charge is 2.24. The fourth-order valence-corrected chi connectivity index (χ4v) is 3.28. The number of aryl methyl sites for hydroxylation is 1. The minimum Gasteiger partial charge on any atom is -0.493 e. The first-order chi connectivity index (χ1) is 10.3. The molecule has 4 rings (SSSR count). The first-order valence-corrected chi connectivity index (χ1v) is 7.54. The Morgan fingerprint density at radius 2 is 2.05 bits per heavy atom. The highest BCUT2D eigenvalue weighted by Crippen LogP contribution is 2.35. The van der Waals surface area contributed by atoms with Crippen LogP contribution in [0.15, 0.2) is 42.5 Å². The molecule has 21 heavy (non-hydrogen) atoms. The third-order valence-electron chi connectivity index (χ3n) is 4.49. The molecular formula is C18H19NO2. The van der Waals surface area contributed by atoms with E-state index < -0.39 is 0 Å². The number of hydrogen-bond acceptors (Lipinski definition) is 3. The van der Waals surface area contributed by atoms with Crippen LogP contribution in [-0.2, 0) is 6.42 Å². The van der Waals surface area contributed by atoms with Crippen LogP contribution in [0.2, 0.25) is 0 Å². The molecule has 108 valence electrons. The molecule has 1 heterocycles. The Bertz CT molecular complexity index is 668. The van der Waals surface area contributed by atoms with Crippen molar-refractivity contribution < 1.29 is 9.47 Å². The maximum absolute atomic E-state index is 6.07. The summed E-state index contributed by atoms with van der Waals surface area (Å²) in [5.41, 5.74) is 9.93. The summed E-state index contributed by atoms with van der Waals surface area (Å²) >= 11 is 0. The molecule has 1 aliphatic carbocycles. The van der Waals surface area contributed by atoms with E-state index in [1.807, 2.05) is 18.2 Å². The molecule has 0 radical (unpaired) electrons. The largest absolute Gasteiger partial charge is 0.493 e. The minimum absolute atomic E-state index is 0.198. The molecule has 2 aromatic rings. The van der Waals surface area contributed by atoms with Gasteiger partial charge in [-0.2, -0.15) is 0 Å². The Labute approximate surface area is 124 Å². The molecule has 0 saturated heterocycles. The van der Waals surface area contributed by atoms with Crippen molar-refractivity contribution in [1.29, 1.82) is 0 Å². The van der Waals surface area contributed by atoms with E-state index in [2.05, 4.69) is 24.3 Å². The van der Waals surface area contributed by atoms with Gasteiger partial charge in [0.2, 0.25) is 0 Å². The summed E-state index contributed by atoms with van der Waals surface area (Å²) in [4.78, 5) is 0. The zero-order valence-corrected chi connectivity index (χ0v) is 11.9. The summed E-state index contributed by atoms with van der Waals surface area (Å²) in [5, 5.41) is 0. The van der Waals surface area contributed by atoms with Gasteiger partial charge in [0.05, 0.1) is 19.1 Å². The quantitative estimate of drug-likeness (QED) is 0.939. The van der Waals surface area contributed by atoms with Crippen molar-refractivity contribution in [2.45, 2.75) is 24.8 Å². The number of para-hydroxylation sites is 1. The van der Waals surface area contributed by atoms with E-state index in [0.29, 0.717) is 19.1 Å². The van der Waals surface area contributed by atoms with E-state index >= 15 is 0 Å². The zero-order chi connectivity index (χ0) is 14.2. The van der Waals surface area contributed by atoms with Crippen LogP contribution in [0.3, 0.4) is 0 Å². The predicted octanol–water partition coefficient (Wildman–Crippen LogP) is 3.19.